The second kappa shape index (κ2) is 4.29. The molecule has 1 aromatic rings. The van der Waals surface area contributed by atoms with E-state index < -0.39 is 0 Å². The maximum Gasteiger partial charge on any atom is 0.129 e. The van der Waals surface area contributed by atoms with Gasteiger partial charge in [0.05, 0.1) is 30.6 Å². The lowest BCUT2D eigenvalue weighted by molar-refractivity contribution is 0.0340. The first kappa shape index (κ1) is 11.2. The Hall–Kier alpha value is -1.29. The van der Waals surface area contributed by atoms with Crippen molar-refractivity contribution in [2.24, 2.45) is 0 Å². The highest BCUT2D eigenvalue weighted by Crippen LogP contribution is 2.22. The van der Waals surface area contributed by atoms with E-state index in [1.807, 2.05) is 13.0 Å². The maximum atomic E-state index is 5.77. The summed E-state index contributed by atoms with van der Waals surface area (Å²) in [7, 11) is 0. The van der Waals surface area contributed by atoms with Crippen LogP contribution in [0.5, 0.6) is 0 Å². The van der Waals surface area contributed by atoms with Crippen molar-refractivity contribution in [1.82, 2.24) is 4.98 Å². The number of nitrogens with zero attached hydrogens (tertiary/aromatic N) is 2. The van der Waals surface area contributed by atoms with E-state index in [0.717, 1.165) is 30.2 Å². The molecule has 0 aliphatic carbocycles. The number of pyridine rings is 1. The van der Waals surface area contributed by atoms with Gasteiger partial charge in [0, 0.05) is 6.54 Å². The minimum absolute atomic E-state index is 0.260. The van der Waals surface area contributed by atoms with Gasteiger partial charge in [-0.15, -0.1) is 0 Å². The van der Waals surface area contributed by atoms with Gasteiger partial charge < -0.3 is 15.4 Å². The van der Waals surface area contributed by atoms with Gasteiger partial charge in [-0.3, -0.25) is 0 Å². The first-order valence-corrected chi connectivity index (χ1v) is 5.68. The number of aromatic nitrogens is 1. The molecule has 1 saturated heterocycles. The number of anilines is 2. The smallest absolute Gasteiger partial charge is 0.129 e. The van der Waals surface area contributed by atoms with Crippen LogP contribution < -0.4 is 10.6 Å². The fraction of sp³-hybridized carbons (Fsp3) is 0.583. The average Bonchev–Trinajstić information content (AvgIpc) is 2.26. The van der Waals surface area contributed by atoms with E-state index in [1.165, 1.54) is 0 Å². The molecule has 4 nitrogen and oxygen atoms in total. The molecule has 1 fully saturated rings. The molecule has 2 rings (SSSR count). The van der Waals surface area contributed by atoms with Crippen LogP contribution in [-0.2, 0) is 4.74 Å². The van der Waals surface area contributed by atoms with Crippen LogP contribution >= 0.6 is 0 Å². The fourth-order valence-electron chi connectivity index (χ4n) is 1.93. The molecule has 0 spiro atoms. The number of nitrogens with two attached hydrogens (primary N) is 1. The predicted octanol–water partition coefficient (Wildman–Crippen LogP) is 1.59. The summed E-state index contributed by atoms with van der Waals surface area (Å²) in [6, 6.07) is 2.41. The number of rotatable bonds is 1. The molecule has 2 atom stereocenters. The molecule has 1 aromatic heterocycles. The predicted molar refractivity (Wildman–Crippen MR) is 65.6 cm³/mol. The molecule has 2 heterocycles. The van der Waals surface area contributed by atoms with Crippen LogP contribution in [0.1, 0.15) is 19.4 Å². The lowest BCUT2D eigenvalue weighted by Gasteiger charge is -2.37. The molecule has 0 bridgehead atoms. The van der Waals surface area contributed by atoms with Crippen molar-refractivity contribution < 1.29 is 4.74 Å². The van der Waals surface area contributed by atoms with Gasteiger partial charge in [-0.05, 0) is 32.4 Å². The van der Waals surface area contributed by atoms with Gasteiger partial charge in [0.25, 0.3) is 0 Å². The van der Waals surface area contributed by atoms with E-state index in [-0.39, 0.29) is 6.10 Å². The summed E-state index contributed by atoms with van der Waals surface area (Å²) in [5, 5.41) is 0. The van der Waals surface area contributed by atoms with Crippen LogP contribution in [0.4, 0.5) is 11.5 Å². The summed E-state index contributed by atoms with van der Waals surface area (Å²) in [6.45, 7) is 7.89. The number of hydrogen-bond donors (Lipinski definition) is 1. The summed E-state index contributed by atoms with van der Waals surface area (Å²) < 4.78 is 5.60. The third kappa shape index (κ3) is 2.11. The average molecular weight is 221 g/mol. The van der Waals surface area contributed by atoms with Gasteiger partial charge in [0.1, 0.15) is 5.82 Å². The molecule has 2 N–H and O–H groups in total. The lowest BCUT2D eigenvalue weighted by Crippen LogP contribution is -2.47. The van der Waals surface area contributed by atoms with Crippen molar-refractivity contribution in [3.05, 3.63) is 17.8 Å². The van der Waals surface area contributed by atoms with Crippen molar-refractivity contribution in [1.29, 1.82) is 0 Å². The van der Waals surface area contributed by atoms with Crippen molar-refractivity contribution >= 4 is 11.5 Å². The lowest BCUT2D eigenvalue weighted by atomic mass is 10.2. The molecule has 1 aliphatic rings. The van der Waals surface area contributed by atoms with E-state index in [2.05, 4.69) is 23.7 Å². The normalized spacial score (nSPS) is 25.8. The van der Waals surface area contributed by atoms with Crippen molar-refractivity contribution in [2.45, 2.75) is 32.9 Å². The summed E-state index contributed by atoms with van der Waals surface area (Å²) >= 11 is 0. The molecule has 1 aliphatic heterocycles. The monoisotopic (exact) mass is 221 g/mol. The molecular weight excluding hydrogens is 202 g/mol. The Morgan fingerprint density at radius 2 is 2.25 bits per heavy atom. The molecular formula is C12H19N3O. The van der Waals surface area contributed by atoms with E-state index in [9.17, 15) is 0 Å². The van der Waals surface area contributed by atoms with Gasteiger partial charge in [-0.2, -0.15) is 0 Å². The van der Waals surface area contributed by atoms with Crippen LogP contribution in [0.3, 0.4) is 0 Å². The Bertz CT molecular complexity index is 381. The molecule has 0 amide bonds. The molecule has 2 unspecified atom stereocenters. The first-order chi connectivity index (χ1) is 7.58. The van der Waals surface area contributed by atoms with Gasteiger partial charge >= 0.3 is 0 Å². The molecule has 16 heavy (non-hydrogen) atoms. The summed E-state index contributed by atoms with van der Waals surface area (Å²) in [6.07, 6.45) is 1.99. The second-order valence-corrected chi connectivity index (χ2v) is 4.54. The summed E-state index contributed by atoms with van der Waals surface area (Å²) in [5.74, 6) is 0.995. The van der Waals surface area contributed by atoms with Crippen LogP contribution in [-0.4, -0.2) is 30.3 Å². The molecule has 0 radical (unpaired) electrons. The van der Waals surface area contributed by atoms with Crippen molar-refractivity contribution in [3.63, 3.8) is 0 Å². The maximum absolute atomic E-state index is 5.77. The van der Waals surface area contributed by atoms with Crippen molar-refractivity contribution in [2.75, 3.05) is 23.8 Å². The third-order valence-corrected chi connectivity index (χ3v) is 3.04. The Morgan fingerprint density at radius 3 is 2.94 bits per heavy atom. The molecule has 4 heteroatoms. The number of ether oxygens (including phenoxy) is 1. The number of hydrogen-bond acceptors (Lipinski definition) is 4. The summed E-state index contributed by atoms with van der Waals surface area (Å²) in [4.78, 5) is 6.67. The van der Waals surface area contributed by atoms with E-state index in [1.54, 1.807) is 6.20 Å². The molecule has 0 aromatic carbocycles. The van der Waals surface area contributed by atoms with Crippen LogP contribution in [0.15, 0.2) is 12.3 Å². The Morgan fingerprint density at radius 1 is 1.50 bits per heavy atom. The minimum atomic E-state index is 0.260. The van der Waals surface area contributed by atoms with Crippen LogP contribution in [0.25, 0.3) is 0 Å². The highest BCUT2D eigenvalue weighted by Gasteiger charge is 2.24. The fourth-order valence-corrected chi connectivity index (χ4v) is 1.93. The van der Waals surface area contributed by atoms with Gasteiger partial charge in [0.2, 0.25) is 0 Å². The van der Waals surface area contributed by atoms with E-state index >= 15 is 0 Å². The highest BCUT2D eigenvalue weighted by molar-refractivity contribution is 5.52. The minimum Gasteiger partial charge on any atom is -0.397 e. The standard InChI is InChI=1S/C12H19N3O/c1-8-4-12(14-5-11(8)13)15-6-10(3)16-7-9(15)2/h4-5,9-10H,6-7,13H2,1-3H3. The topological polar surface area (TPSA) is 51.4 Å². The second-order valence-electron chi connectivity index (χ2n) is 4.54. The van der Waals surface area contributed by atoms with Gasteiger partial charge in [-0.25, -0.2) is 4.98 Å². The Balaban J connectivity index is 2.24. The van der Waals surface area contributed by atoms with Gasteiger partial charge in [0.15, 0.2) is 0 Å². The van der Waals surface area contributed by atoms with E-state index in [4.69, 9.17) is 10.5 Å². The number of aryl methyl sites for hydroxylation is 1. The zero-order valence-electron chi connectivity index (χ0n) is 10.1. The highest BCUT2D eigenvalue weighted by atomic mass is 16.5. The SMILES string of the molecule is Cc1cc(N2CC(C)OCC2C)ncc1N. The molecule has 0 saturated carbocycles. The summed E-state index contributed by atoms with van der Waals surface area (Å²) in [5.41, 5.74) is 7.60. The quantitative estimate of drug-likeness (QED) is 0.782. The van der Waals surface area contributed by atoms with E-state index in [0.29, 0.717) is 6.04 Å². The van der Waals surface area contributed by atoms with Crippen LogP contribution in [0, 0.1) is 6.92 Å². The zero-order valence-corrected chi connectivity index (χ0v) is 10.1. The number of nitrogen functional groups attached to an aromatic ring is 1. The third-order valence-electron chi connectivity index (χ3n) is 3.04. The number of morpholine rings is 1. The zero-order chi connectivity index (χ0) is 11.7. The molecule has 88 valence electrons. The Kier molecular flexibility index (Phi) is 3.01. The van der Waals surface area contributed by atoms with Crippen LogP contribution in [0.2, 0.25) is 0 Å². The Labute approximate surface area is 96.4 Å². The largest absolute Gasteiger partial charge is 0.397 e. The first-order valence-electron chi connectivity index (χ1n) is 5.68. The van der Waals surface area contributed by atoms with Crippen molar-refractivity contribution in [3.8, 4) is 0 Å². The van der Waals surface area contributed by atoms with Gasteiger partial charge in [-0.1, -0.05) is 0 Å².